The fourth-order valence-corrected chi connectivity index (χ4v) is 1.51. The number of aromatic nitrogens is 1. The largest absolute Gasteiger partial charge is 0.436 e. The molecule has 1 N–H and O–H groups in total. The zero-order valence-corrected chi connectivity index (χ0v) is 9.78. The molecule has 1 aromatic heterocycles. The lowest BCUT2D eigenvalue weighted by Gasteiger charge is -2.10. The Kier molecular flexibility index (Phi) is 3.84. The van der Waals surface area contributed by atoms with Crippen LogP contribution in [0.5, 0.6) is 11.6 Å². The number of hydrogen-bond donors (Lipinski definition) is 1. The molecule has 0 aliphatic heterocycles. The minimum Gasteiger partial charge on any atom is -0.436 e. The van der Waals surface area contributed by atoms with Gasteiger partial charge in [-0.25, -0.2) is 13.8 Å². The molecule has 0 atom stereocenters. The first-order chi connectivity index (χ1) is 8.70. The normalized spacial score (nSPS) is 10.4. The number of ether oxygens (including phenoxy) is 1. The van der Waals surface area contributed by atoms with Crippen molar-refractivity contribution in [3.05, 3.63) is 53.7 Å². The van der Waals surface area contributed by atoms with Crippen molar-refractivity contribution in [3.63, 3.8) is 0 Å². The van der Waals surface area contributed by atoms with Crippen LogP contribution in [-0.4, -0.2) is 12.0 Å². The lowest BCUT2D eigenvalue weighted by Crippen LogP contribution is -2.08. The first-order valence-corrected chi connectivity index (χ1v) is 5.42. The van der Waals surface area contributed by atoms with Gasteiger partial charge in [0, 0.05) is 12.1 Å². The van der Waals surface area contributed by atoms with Crippen LogP contribution in [0.25, 0.3) is 0 Å². The number of rotatable bonds is 4. The van der Waals surface area contributed by atoms with E-state index in [9.17, 15) is 8.78 Å². The van der Waals surface area contributed by atoms with Crippen LogP contribution < -0.4 is 10.1 Å². The lowest BCUT2D eigenvalue weighted by molar-refractivity contribution is 0.418. The maximum absolute atomic E-state index is 13.4. The summed E-state index contributed by atoms with van der Waals surface area (Å²) in [7, 11) is 1.72. The van der Waals surface area contributed by atoms with Gasteiger partial charge in [0.25, 0.3) is 0 Å². The molecule has 94 valence electrons. The molecular weight excluding hydrogens is 238 g/mol. The van der Waals surface area contributed by atoms with Crippen LogP contribution >= 0.6 is 0 Å². The lowest BCUT2D eigenvalue weighted by atomic mass is 10.2. The molecular formula is C13H12F2N2O. The van der Waals surface area contributed by atoms with Crippen molar-refractivity contribution in [2.45, 2.75) is 6.54 Å². The molecule has 0 fully saturated rings. The minimum absolute atomic E-state index is 0.0639. The van der Waals surface area contributed by atoms with Gasteiger partial charge in [0.2, 0.25) is 5.88 Å². The SMILES string of the molecule is CNCc1cc(F)cnc1Oc1ccccc1F. The third kappa shape index (κ3) is 2.81. The molecule has 2 aromatic rings. The molecule has 1 aromatic carbocycles. The highest BCUT2D eigenvalue weighted by molar-refractivity contribution is 5.33. The highest BCUT2D eigenvalue weighted by Gasteiger charge is 2.10. The third-order valence-corrected chi connectivity index (χ3v) is 2.30. The Morgan fingerprint density at radius 3 is 2.78 bits per heavy atom. The van der Waals surface area contributed by atoms with Crippen LogP contribution in [-0.2, 0) is 6.54 Å². The average Bonchev–Trinajstić information content (AvgIpc) is 2.35. The highest BCUT2D eigenvalue weighted by atomic mass is 19.1. The van der Waals surface area contributed by atoms with Gasteiger partial charge in [-0.1, -0.05) is 12.1 Å². The van der Waals surface area contributed by atoms with Gasteiger partial charge in [0.05, 0.1) is 6.20 Å². The van der Waals surface area contributed by atoms with Crippen LogP contribution in [0, 0.1) is 11.6 Å². The van der Waals surface area contributed by atoms with Gasteiger partial charge in [0.15, 0.2) is 11.6 Å². The van der Waals surface area contributed by atoms with Gasteiger partial charge in [-0.15, -0.1) is 0 Å². The Morgan fingerprint density at radius 2 is 2.06 bits per heavy atom. The van der Waals surface area contributed by atoms with E-state index in [0.717, 1.165) is 6.20 Å². The Hall–Kier alpha value is -2.01. The molecule has 3 nitrogen and oxygen atoms in total. The average molecular weight is 250 g/mol. The molecule has 1 heterocycles. The number of nitrogens with zero attached hydrogens (tertiary/aromatic N) is 1. The summed E-state index contributed by atoms with van der Waals surface area (Å²) in [5.74, 6) is -0.690. The van der Waals surface area contributed by atoms with Crippen molar-refractivity contribution in [1.82, 2.24) is 10.3 Å². The van der Waals surface area contributed by atoms with E-state index in [1.165, 1.54) is 18.2 Å². The third-order valence-electron chi connectivity index (χ3n) is 2.30. The van der Waals surface area contributed by atoms with E-state index in [4.69, 9.17) is 4.74 Å². The number of halogens is 2. The summed E-state index contributed by atoms with van der Waals surface area (Å²) in [6.45, 7) is 0.383. The molecule has 2 rings (SSSR count). The Labute approximate surface area is 103 Å². The monoisotopic (exact) mass is 250 g/mol. The van der Waals surface area contributed by atoms with Crippen molar-refractivity contribution in [1.29, 1.82) is 0 Å². The summed E-state index contributed by atoms with van der Waals surface area (Å²) < 4.78 is 31.9. The summed E-state index contributed by atoms with van der Waals surface area (Å²) in [6.07, 6.45) is 1.04. The Balaban J connectivity index is 2.31. The van der Waals surface area contributed by atoms with Crippen LogP contribution in [0.4, 0.5) is 8.78 Å². The Morgan fingerprint density at radius 1 is 1.28 bits per heavy atom. The second kappa shape index (κ2) is 5.55. The molecule has 0 saturated heterocycles. The van der Waals surface area contributed by atoms with Crippen molar-refractivity contribution < 1.29 is 13.5 Å². The molecule has 0 bridgehead atoms. The van der Waals surface area contributed by atoms with E-state index in [1.807, 2.05) is 0 Å². The van der Waals surface area contributed by atoms with Gasteiger partial charge >= 0.3 is 0 Å². The quantitative estimate of drug-likeness (QED) is 0.906. The second-order valence-electron chi connectivity index (χ2n) is 3.68. The second-order valence-corrected chi connectivity index (χ2v) is 3.68. The predicted octanol–water partition coefficient (Wildman–Crippen LogP) is 2.87. The molecule has 0 aliphatic carbocycles. The first-order valence-electron chi connectivity index (χ1n) is 5.42. The van der Waals surface area contributed by atoms with Gasteiger partial charge < -0.3 is 10.1 Å². The predicted molar refractivity (Wildman–Crippen MR) is 63.4 cm³/mol. The summed E-state index contributed by atoms with van der Waals surface area (Å²) >= 11 is 0. The van der Waals surface area contributed by atoms with Crippen molar-refractivity contribution in [3.8, 4) is 11.6 Å². The number of hydrogen-bond acceptors (Lipinski definition) is 3. The zero-order valence-electron chi connectivity index (χ0n) is 9.78. The minimum atomic E-state index is -0.487. The summed E-state index contributed by atoms with van der Waals surface area (Å²) in [4.78, 5) is 3.83. The number of benzene rings is 1. The molecule has 0 unspecified atom stereocenters. The van der Waals surface area contributed by atoms with Gasteiger partial charge in [0.1, 0.15) is 5.82 Å². The molecule has 18 heavy (non-hydrogen) atoms. The summed E-state index contributed by atoms with van der Waals surface area (Å²) in [5.41, 5.74) is 0.528. The highest BCUT2D eigenvalue weighted by Crippen LogP contribution is 2.25. The standard InChI is InChI=1S/C13H12F2N2O/c1-16-7-9-6-10(14)8-17-13(9)18-12-5-3-2-4-11(12)15/h2-6,8,16H,7H2,1H3. The summed E-state index contributed by atoms with van der Waals surface area (Å²) in [6, 6.07) is 7.30. The van der Waals surface area contributed by atoms with Crippen molar-refractivity contribution in [2.24, 2.45) is 0 Å². The number of pyridine rings is 1. The topological polar surface area (TPSA) is 34.2 Å². The van der Waals surface area contributed by atoms with E-state index in [-0.39, 0.29) is 11.6 Å². The van der Waals surface area contributed by atoms with Crippen molar-refractivity contribution in [2.75, 3.05) is 7.05 Å². The molecule has 0 amide bonds. The summed E-state index contributed by atoms with van der Waals surface area (Å²) in [5, 5.41) is 2.87. The number of para-hydroxylation sites is 1. The van der Waals surface area contributed by atoms with Crippen LogP contribution in [0.15, 0.2) is 36.5 Å². The van der Waals surface area contributed by atoms with E-state index >= 15 is 0 Å². The van der Waals surface area contributed by atoms with Crippen LogP contribution in [0.1, 0.15) is 5.56 Å². The fraction of sp³-hybridized carbons (Fsp3) is 0.154. The van der Waals surface area contributed by atoms with E-state index < -0.39 is 11.6 Å². The van der Waals surface area contributed by atoms with E-state index in [0.29, 0.717) is 12.1 Å². The van der Waals surface area contributed by atoms with Gasteiger partial charge in [-0.05, 0) is 25.2 Å². The first kappa shape index (κ1) is 12.4. The maximum atomic E-state index is 13.4. The maximum Gasteiger partial charge on any atom is 0.224 e. The van der Waals surface area contributed by atoms with Gasteiger partial charge in [-0.3, -0.25) is 0 Å². The molecule has 0 spiro atoms. The van der Waals surface area contributed by atoms with Crippen LogP contribution in [0.2, 0.25) is 0 Å². The van der Waals surface area contributed by atoms with Crippen LogP contribution in [0.3, 0.4) is 0 Å². The smallest absolute Gasteiger partial charge is 0.224 e. The van der Waals surface area contributed by atoms with E-state index in [1.54, 1.807) is 19.2 Å². The van der Waals surface area contributed by atoms with Crippen molar-refractivity contribution >= 4 is 0 Å². The van der Waals surface area contributed by atoms with Gasteiger partial charge in [-0.2, -0.15) is 0 Å². The fourth-order valence-electron chi connectivity index (χ4n) is 1.51. The van der Waals surface area contributed by atoms with E-state index in [2.05, 4.69) is 10.3 Å². The zero-order chi connectivity index (χ0) is 13.0. The molecule has 0 radical (unpaired) electrons. The molecule has 5 heteroatoms. The molecule has 0 saturated carbocycles. The Bertz CT molecular complexity index is 546. The number of nitrogens with one attached hydrogen (secondary N) is 1. The molecule has 0 aliphatic rings.